The molecule has 4 heteroatoms. The zero-order chi connectivity index (χ0) is 17.1. The summed E-state index contributed by atoms with van der Waals surface area (Å²) in [6.45, 7) is 6.99. The van der Waals surface area contributed by atoms with Crippen molar-refractivity contribution in [1.29, 1.82) is 0 Å². The molecule has 0 spiro atoms. The predicted octanol–water partition coefficient (Wildman–Crippen LogP) is 4.68. The van der Waals surface area contributed by atoms with Crippen molar-refractivity contribution in [2.45, 2.75) is 33.4 Å². The van der Waals surface area contributed by atoms with Gasteiger partial charge in [0, 0.05) is 23.7 Å². The number of hydrogen-bond donors (Lipinski definition) is 2. The van der Waals surface area contributed by atoms with Gasteiger partial charge in [0.25, 0.3) is 0 Å². The molecule has 1 heterocycles. The van der Waals surface area contributed by atoms with E-state index in [4.69, 9.17) is 0 Å². The molecular weight excluding hydrogens is 301 g/mol. The Bertz CT molecular complexity index is 821. The highest BCUT2D eigenvalue weighted by Gasteiger charge is 2.11. The molecule has 0 bridgehead atoms. The van der Waals surface area contributed by atoms with Gasteiger partial charge in [-0.3, -0.25) is 5.10 Å². The Balaban J connectivity index is 1.73. The van der Waals surface area contributed by atoms with E-state index in [0.29, 0.717) is 6.54 Å². The van der Waals surface area contributed by atoms with E-state index in [9.17, 15) is 4.39 Å². The summed E-state index contributed by atoms with van der Waals surface area (Å²) in [6, 6.07) is 13.2. The van der Waals surface area contributed by atoms with Crippen LogP contribution in [0.1, 0.15) is 35.2 Å². The molecule has 124 valence electrons. The monoisotopic (exact) mass is 323 g/mol. The zero-order valence-electron chi connectivity index (χ0n) is 14.2. The van der Waals surface area contributed by atoms with Crippen molar-refractivity contribution in [3.8, 4) is 11.3 Å². The smallest absolute Gasteiger partial charge is 0.123 e. The fourth-order valence-electron chi connectivity index (χ4n) is 2.72. The number of H-pyrrole nitrogens is 1. The minimum Gasteiger partial charge on any atom is -0.306 e. The number of nitrogens with one attached hydrogen (secondary N) is 2. The molecule has 0 radical (unpaired) electrons. The molecule has 0 fully saturated rings. The predicted molar refractivity (Wildman–Crippen MR) is 95.2 cm³/mol. The number of halogens is 1. The number of nitrogens with zero attached hydrogens (tertiary/aromatic N) is 1. The first-order valence-corrected chi connectivity index (χ1v) is 8.13. The standard InChI is InChI=1S/C20H22FN3/c1-13-4-5-17(10-14(13)2)20-18(12-23-24-20)11-22-15(3)16-6-8-19(21)9-7-16/h4-10,12,15,22H,11H2,1-3H3,(H,23,24). The quantitative estimate of drug-likeness (QED) is 0.715. The van der Waals surface area contributed by atoms with Gasteiger partial charge < -0.3 is 5.32 Å². The third kappa shape index (κ3) is 3.54. The maximum atomic E-state index is 13.0. The van der Waals surface area contributed by atoms with E-state index < -0.39 is 0 Å². The van der Waals surface area contributed by atoms with Crippen LogP contribution >= 0.6 is 0 Å². The highest BCUT2D eigenvalue weighted by Crippen LogP contribution is 2.24. The number of aryl methyl sites for hydroxylation is 2. The van der Waals surface area contributed by atoms with E-state index in [-0.39, 0.29) is 11.9 Å². The minimum absolute atomic E-state index is 0.133. The van der Waals surface area contributed by atoms with Crippen molar-refractivity contribution >= 4 is 0 Å². The third-order valence-electron chi connectivity index (χ3n) is 4.48. The van der Waals surface area contributed by atoms with Crippen LogP contribution in [0.15, 0.2) is 48.7 Å². The van der Waals surface area contributed by atoms with E-state index in [1.54, 1.807) is 0 Å². The Labute approximate surface area is 141 Å². The van der Waals surface area contributed by atoms with Crippen molar-refractivity contribution in [2.24, 2.45) is 0 Å². The fraction of sp³-hybridized carbons (Fsp3) is 0.250. The van der Waals surface area contributed by atoms with E-state index in [0.717, 1.165) is 22.4 Å². The molecule has 3 aromatic rings. The van der Waals surface area contributed by atoms with Gasteiger partial charge in [0.05, 0.1) is 11.9 Å². The maximum absolute atomic E-state index is 13.0. The largest absolute Gasteiger partial charge is 0.306 e. The summed E-state index contributed by atoms with van der Waals surface area (Å²) in [4.78, 5) is 0. The van der Waals surface area contributed by atoms with Crippen LogP contribution in [0.3, 0.4) is 0 Å². The van der Waals surface area contributed by atoms with Crippen LogP contribution in [0.4, 0.5) is 4.39 Å². The Morgan fingerprint density at radius 1 is 1.08 bits per heavy atom. The summed E-state index contributed by atoms with van der Waals surface area (Å²) in [6.07, 6.45) is 1.86. The van der Waals surface area contributed by atoms with Crippen LogP contribution < -0.4 is 5.32 Å². The Morgan fingerprint density at radius 3 is 2.54 bits per heavy atom. The lowest BCUT2D eigenvalue weighted by Crippen LogP contribution is -2.18. The lowest BCUT2D eigenvalue weighted by atomic mass is 10.0. The van der Waals surface area contributed by atoms with Crippen molar-refractivity contribution in [1.82, 2.24) is 15.5 Å². The van der Waals surface area contributed by atoms with Crippen molar-refractivity contribution < 1.29 is 4.39 Å². The first kappa shape index (κ1) is 16.4. The number of benzene rings is 2. The molecule has 0 amide bonds. The van der Waals surface area contributed by atoms with Crippen LogP contribution in [-0.4, -0.2) is 10.2 Å². The van der Waals surface area contributed by atoms with Gasteiger partial charge in [-0.1, -0.05) is 24.3 Å². The summed E-state index contributed by atoms with van der Waals surface area (Å²) in [5.74, 6) is -0.210. The highest BCUT2D eigenvalue weighted by molar-refractivity contribution is 5.64. The van der Waals surface area contributed by atoms with E-state index in [2.05, 4.69) is 54.5 Å². The summed E-state index contributed by atoms with van der Waals surface area (Å²) < 4.78 is 13.0. The molecule has 1 atom stereocenters. The van der Waals surface area contributed by atoms with E-state index in [1.807, 2.05) is 18.3 Å². The Kier molecular flexibility index (Phi) is 4.76. The topological polar surface area (TPSA) is 40.7 Å². The Morgan fingerprint density at radius 2 is 1.83 bits per heavy atom. The van der Waals surface area contributed by atoms with Crippen molar-refractivity contribution in [3.05, 3.63) is 76.7 Å². The van der Waals surface area contributed by atoms with E-state index in [1.165, 1.54) is 23.3 Å². The van der Waals surface area contributed by atoms with Crippen LogP contribution in [-0.2, 0) is 6.54 Å². The molecule has 24 heavy (non-hydrogen) atoms. The normalized spacial score (nSPS) is 12.3. The molecule has 0 aliphatic carbocycles. The van der Waals surface area contributed by atoms with Crippen LogP contribution in [0.5, 0.6) is 0 Å². The van der Waals surface area contributed by atoms with Gasteiger partial charge in [0.1, 0.15) is 5.82 Å². The first-order valence-electron chi connectivity index (χ1n) is 8.13. The van der Waals surface area contributed by atoms with Gasteiger partial charge in [0.2, 0.25) is 0 Å². The lowest BCUT2D eigenvalue weighted by molar-refractivity contribution is 0.571. The maximum Gasteiger partial charge on any atom is 0.123 e. The lowest BCUT2D eigenvalue weighted by Gasteiger charge is -2.14. The van der Waals surface area contributed by atoms with Gasteiger partial charge in [-0.05, 0) is 55.7 Å². The molecule has 0 saturated carbocycles. The fourth-order valence-corrected chi connectivity index (χ4v) is 2.72. The number of aromatic amines is 1. The van der Waals surface area contributed by atoms with Crippen LogP contribution in [0, 0.1) is 19.7 Å². The molecule has 0 aliphatic rings. The summed E-state index contributed by atoms with van der Waals surface area (Å²) in [5, 5.41) is 10.8. The average Bonchev–Trinajstić information content (AvgIpc) is 3.04. The molecule has 2 N–H and O–H groups in total. The van der Waals surface area contributed by atoms with Crippen molar-refractivity contribution in [2.75, 3.05) is 0 Å². The summed E-state index contributed by atoms with van der Waals surface area (Å²) in [5.41, 5.74) is 6.90. The SMILES string of the molecule is Cc1ccc(-c2[nH]ncc2CNC(C)c2ccc(F)cc2)cc1C. The van der Waals surface area contributed by atoms with Crippen LogP contribution in [0.2, 0.25) is 0 Å². The Hall–Kier alpha value is -2.46. The molecule has 0 aliphatic heterocycles. The summed E-state index contributed by atoms with van der Waals surface area (Å²) >= 11 is 0. The molecule has 1 unspecified atom stereocenters. The van der Waals surface area contributed by atoms with Crippen LogP contribution in [0.25, 0.3) is 11.3 Å². The second-order valence-corrected chi connectivity index (χ2v) is 6.22. The van der Waals surface area contributed by atoms with Gasteiger partial charge >= 0.3 is 0 Å². The molecule has 3 nitrogen and oxygen atoms in total. The molecular formula is C20H22FN3. The molecule has 1 aromatic heterocycles. The number of aromatic nitrogens is 2. The third-order valence-corrected chi connectivity index (χ3v) is 4.48. The average molecular weight is 323 g/mol. The minimum atomic E-state index is -0.210. The number of rotatable bonds is 5. The molecule has 2 aromatic carbocycles. The number of hydrogen-bond acceptors (Lipinski definition) is 2. The van der Waals surface area contributed by atoms with Crippen molar-refractivity contribution in [3.63, 3.8) is 0 Å². The van der Waals surface area contributed by atoms with Gasteiger partial charge in [0.15, 0.2) is 0 Å². The van der Waals surface area contributed by atoms with Gasteiger partial charge in [-0.15, -0.1) is 0 Å². The second kappa shape index (κ2) is 6.97. The summed E-state index contributed by atoms with van der Waals surface area (Å²) in [7, 11) is 0. The first-order chi connectivity index (χ1) is 11.5. The zero-order valence-corrected chi connectivity index (χ0v) is 14.2. The highest BCUT2D eigenvalue weighted by atomic mass is 19.1. The van der Waals surface area contributed by atoms with E-state index >= 15 is 0 Å². The molecule has 3 rings (SSSR count). The van der Waals surface area contributed by atoms with Gasteiger partial charge in [-0.2, -0.15) is 5.10 Å². The van der Waals surface area contributed by atoms with Gasteiger partial charge in [-0.25, -0.2) is 4.39 Å². The second-order valence-electron chi connectivity index (χ2n) is 6.22. The molecule has 0 saturated heterocycles.